The number of nitrogen functional groups attached to an aromatic ring is 1. The summed E-state index contributed by atoms with van der Waals surface area (Å²) in [6.45, 7) is 5.81. The molecule has 0 radical (unpaired) electrons. The van der Waals surface area contributed by atoms with E-state index >= 15 is 0 Å². The Bertz CT molecular complexity index is 381. The normalized spacial score (nSPS) is 11.1. The molecule has 19 heavy (non-hydrogen) atoms. The van der Waals surface area contributed by atoms with E-state index in [0.29, 0.717) is 17.4 Å². The largest absolute Gasteiger partial charge is 0.473 e. The fraction of sp³-hybridized carbons (Fsp3) is 0.692. The molecule has 6 heteroatoms. The first-order chi connectivity index (χ1) is 9.00. The molecule has 0 atom stereocenters. The molecule has 0 aliphatic rings. The molecule has 0 aliphatic heterocycles. The Morgan fingerprint density at radius 1 is 1.32 bits per heavy atom. The molecular formula is C13H25N5O. The lowest BCUT2D eigenvalue weighted by Gasteiger charge is -2.14. The highest BCUT2D eigenvalue weighted by atomic mass is 16.5. The molecule has 1 aromatic rings. The predicted molar refractivity (Wildman–Crippen MR) is 78.5 cm³/mol. The van der Waals surface area contributed by atoms with Crippen LogP contribution in [-0.2, 0) is 0 Å². The van der Waals surface area contributed by atoms with E-state index in [1.54, 1.807) is 0 Å². The Kier molecular flexibility index (Phi) is 6.35. The van der Waals surface area contributed by atoms with Gasteiger partial charge >= 0.3 is 0 Å². The SMILES string of the molecule is CC(C)Oc1ncnc(NCCCCN(C)C)c1N. The summed E-state index contributed by atoms with van der Waals surface area (Å²) in [4.78, 5) is 10.4. The number of unbranched alkanes of at least 4 members (excludes halogenated alkanes) is 1. The van der Waals surface area contributed by atoms with Crippen LogP contribution in [0.25, 0.3) is 0 Å². The molecule has 0 saturated heterocycles. The van der Waals surface area contributed by atoms with Crippen molar-refractivity contribution in [1.29, 1.82) is 0 Å². The third-order valence-corrected chi connectivity index (χ3v) is 2.52. The van der Waals surface area contributed by atoms with Crippen LogP contribution in [0.1, 0.15) is 26.7 Å². The van der Waals surface area contributed by atoms with Gasteiger partial charge in [-0.1, -0.05) is 0 Å². The van der Waals surface area contributed by atoms with E-state index in [4.69, 9.17) is 10.5 Å². The molecule has 0 unspecified atom stereocenters. The summed E-state index contributed by atoms with van der Waals surface area (Å²) in [5.74, 6) is 1.09. The summed E-state index contributed by atoms with van der Waals surface area (Å²) in [6.07, 6.45) is 3.73. The molecular weight excluding hydrogens is 242 g/mol. The summed E-state index contributed by atoms with van der Waals surface area (Å²) in [6, 6.07) is 0. The highest BCUT2D eigenvalue weighted by Crippen LogP contribution is 2.25. The number of hydrogen-bond donors (Lipinski definition) is 2. The van der Waals surface area contributed by atoms with Gasteiger partial charge in [0.1, 0.15) is 12.0 Å². The fourth-order valence-corrected chi connectivity index (χ4v) is 1.60. The molecule has 1 aromatic heterocycles. The molecule has 6 nitrogen and oxygen atoms in total. The highest BCUT2D eigenvalue weighted by Gasteiger charge is 2.09. The first-order valence-corrected chi connectivity index (χ1v) is 6.66. The van der Waals surface area contributed by atoms with Crippen LogP contribution in [0.5, 0.6) is 5.88 Å². The van der Waals surface area contributed by atoms with Crippen molar-refractivity contribution in [1.82, 2.24) is 14.9 Å². The number of nitrogens with zero attached hydrogens (tertiary/aromatic N) is 3. The molecule has 1 rings (SSSR count). The summed E-state index contributed by atoms with van der Waals surface area (Å²) in [7, 11) is 4.15. The summed E-state index contributed by atoms with van der Waals surface area (Å²) in [5, 5.41) is 3.23. The second-order valence-electron chi connectivity index (χ2n) is 5.04. The number of aromatic nitrogens is 2. The van der Waals surface area contributed by atoms with Gasteiger partial charge in [-0.05, 0) is 47.3 Å². The van der Waals surface area contributed by atoms with Gasteiger partial charge < -0.3 is 20.7 Å². The number of hydrogen-bond acceptors (Lipinski definition) is 6. The number of ether oxygens (including phenoxy) is 1. The first kappa shape index (κ1) is 15.5. The molecule has 0 aromatic carbocycles. The van der Waals surface area contributed by atoms with E-state index in [9.17, 15) is 0 Å². The molecule has 0 amide bonds. The second kappa shape index (κ2) is 7.78. The van der Waals surface area contributed by atoms with Crippen LogP contribution < -0.4 is 15.8 Å². The molecule has 0 aliphatic carbocycles. The first-order valence-electron chi connectivity index (χ1n) is 6.66. The molecule has 0 bridgehead atoms. The van der Waals surface area contributed by atoms with Gasteiger partial charge in [-0.25, -0.2) is 4.98 Å². The lowest BCUT2D eigenvalue weighted by Crippen LogP contribution is -2.15. The Labute approximate surface area is 115 Å². The van der Waals surface area contributed by atoms with Crippen LogP contribution >= 0.6 is 0 Å². The molecule has 0 fully saturated rings. The van der Waals surface area contributed by atoms with E-state index in [-0.39, 0.29) is 6.10 Å². The van der Waals surface area contributed by atoms with E-state index in [2.05, 4.69) is 34.3 Å². The average molecular weight is 267 g/mol. The van der Waals surface area contributed by atoms with Gasteiger partial charge in [0.25, 0.3) is 0 Å². The maximum Gasteiger partial charge on any atom is 0.242 e. The third kappa shape index (κ3) is 5.74. The smallest absolute Gasteiger partial charge is 0.242 e. The van der Waals surface area contributed by atoms with Gasteiger partial charge in [0, 0.05) is 6.54 Å². The standard InChI is InChI=1S/C13H25N5O/c1-10(2)19-13-11(14)12(16-9-17-13)15-7-5-6-8-18(3)4/h9-10H,5-8,14H2,1-4H3,(H,15,16,17). The number of nitrogens with one attached hydrogen (secondary N) is 1. The zero-order valence-corrected chi connectivity index (χ0v) is 12.3. The number of rotatable bonds is 8. The molecule has 0 saturated carbocycles. The van der Waals surface area contributed by atoms with Crippen molar-refractivity contribution in [2.75, 3.05) is 38.2 Å². The monoisotopic (exact) mass is 267 g/mol. The topological polar surface area (TPSA) is 76.3 Å². The van der Waals surface area contributed by atoms with Crippen LogP contribution in [0.4, 0.5) is 11.5 Å². The summed E-state index contributed by atoms with van der Waals surface area (Å²) >= 11 is 0. The fourth-order valence-electron chi connectivity index (χ4n) is 1.60. The van der Waals surface area contributed by atoms with Gasteiger partial charge in [0.15, 0.2) is 5.82 Å². The van der Waals surface area contributed by atoms with Crippen LogP contribution in [0.2, 0.25) is 0 Å². The minimum Gasteiger partial charge on any atom is -0.473 e. The van der Waals surface area contributed by atoms with Gasteiger partial charge in [0.05, 0.1) is 6.10 Å². The zero-order chi connectivity index (χ0) is 14.3. The van der Waals surface area contributed by atoms with E-state index in [1.807, 2.05) is 13.8 Å². The molecule has 108 valence electrons. The number of nitrogens with two attached hydrogens (primary N) is 1. The van der Waals surface area contributed by atoms with Crippen molar-refractivity contribution < 1.29 is 4.74 Å². The van der Waals surface area contributed by atoms with Crippen LogP contribution in [-0.4, -0.2) is 48.2 Å². The zero-order valence-electron chi connectivity index (χ0n) is 12.3. The Hall–Kier alpha value is -1.56. The van der Waals surface area contributed by atoms with Gasteiger partial charge in [0.2, 0.25) is 5.88 Å². The lowest BCUT2D eigenvalue weighted by molar-refractivity contribution is 0.234. The van der Waals surface area contributed by atoms with Gasteiger partial charge in [-0.3, -0.25) is 0 Å². The van der Waals surface area contributed by atoms with Crippen LogP contribution in [0.15, 0.2) is 6.33 Å². The van der Waals surface area contributed by atoms with Crippen LogP contribution in [0.3, 0.4) is 0 Å². The molecule has 1 heterocycles. The third-order valence-electron chi connectivity index (χ3n) is 2.52. The lowest BCUT2D eigenvalue weighted by atomic mass is 10.3. The Balaban J connectivity index is 2.45. The maximum absolute atomic E-state index is 5.97. The van der Waals surface area contributed by atoms with E-state index < -0.39 is 0 Å². The average Bonchev–Trinajstić information content (AvgIpc) is 2.32. The van der Waals surface area contributed by atoms with Crippen molar-refractivity contribution in [2.24, 2.45) is 0 Å². The van der Waals surface area contributed by atoms with Gasteiger partial charge in [-0.15, -0.1) is 0 Å². The number of anilines is 2. The van der Waals surface area contributed by atoms with Crippen LogP contribution in [0, 0.1) is 0 Å². The quantitative estimate of drug-likeness (QED) is 0.697. The second-order valence-corrected chi connectivity index (χ2v) is 5.04. The minimum atomic E-state index is 0.0464. The van der Waals surface area contributed by atoms with Crippen molar-refractivity contribution in [3.05, 3.63) is 6.33 Å². The van der Waals surface area contributed by atoms with Gasteiger partial charge in [-0.2, -0.15) is 4.98 Å². The van der Waals surface area contributed by atoms with E-state index in [0.717, 1.165) is 25.9 Å². The Morgan fingerprint density at radius 3 is 2.68 bits per heavy atom. The highest BCUT2D eigenvalue weighted by molar-refractivity contribution is 5.66. The van der Waals surface area contributed by atoms with Crippen molar-refractivity contribution in [2.45, 2.75) is 32.8 Å². The molecule has 3 N–H and O–H groups in total. The summed E-state index contributed by atoms with van der Waals surface area (Å²) in [5.41, 5.74) is 6.45. The minimum absolute atomic E-state index is 0.0464. The predicted octanol–water partition coefficient (Wildman–Crippen LogP) is 1.60. The molecule has 0 spiro atoms. The van der Waals surface area contributed by atoms with Crippen molar-refractivity contribution >= 4 is 11.5 Å². The maximum atomic E-state index is 5.97. The summed E-state index contributed by atoms with van der Waals surface area (Å²) < 4.78 is 5.52. The Morgan fingerprint density at radius 2 is 2.05 bits per heavy atom. The van der Waals surface area contributed by atoms with E-state index in [1.165, 1.54) is 6.33 Å². The van der Waals surface area contributed by atoms with Crippen molar-refractivity contribution in [3.8, 4) is 5.88 Å². The van der Waals surface area contributed by atoms with Crippen molar-refractivity contribution in [3.63, 3.8) is 0 Å².